The second-order valence-corrected chi connectivity index (χ2v) is 7.91. The first-order valence-electron chi connectivity index (χ1n) is 7.98. The summed E-state index contributed by atoms with van der Waals surface area (Å²) in [7, 11) is -1.64. The molecule has 1 aromatic rings. The predicted octanol–water partition coefficient (Wildman–Crippen LogP) is 1.06. The molecule has 1 aliphatic heterocycles. The number of rotatable bonds is 6. The number of nitrogens with zero attached hydrogens (tertiary/aromatic N) is 1. The van der Waals surface area contributed by atoms with E-state index in [-0.39, 0.29) is 10.8 Å². The van der Waals surface area contributed by atoms with Gasteiger partial charge in [0, 0.05) is 31.7 Å². The lowest BCUT2D eigenvalue weighted by Crippen LogP contribution is -2.37. The number of sulfonamides is 1. The molecular weight excluding hydrogens is 314 g/mol. The first-order chi connectivity index (χ1) is 10.9. The quantitative estimate of drug-likeness (QED) is 0.760. The average molecular weight is 339 g/mol. The van der Waals surface area contributed by atoms with Crippen molar-refractivity contribution in [3.8, 4) is 0 Å². The highest BCUT2D eigenvalue weighted by atomic mass is 32.2. The Kier molecular flexibility index (Phi) is 6.15. The van der Waals surface area contributed by atoms with Crippen LogP contribution in [0.3, 0.4) is 0 Å². The summed E-state index contributed by atoms with van der Waals surface area (Å²) in [6, 6.07) is 6.16. The summed E-state index contributed by atoms with van der Waals surface area (Å²) < 4.78 is 26.7. The van der Waals surface area contributed by atoms with E-state index in [0.29, 0.717) is 37.7 Å². The molecule has 0 saturated carbocycles. The van der Waals surface area contributed by atoms with Crippen molar-refractivity contribution < 1.29 is 13.2 Å². The predicted molar refractivity (Wildman–Crippen MR) is 89.9 cm³/mol. The second kappa shape index (κ2) is 7.90. The van der Waals surface area contributed by atoms with Crippen LogP contribution in [-0.4, -0.2) is 51.9 Å². The van der Waals surface area contributed by atoms with Gasteiger partial charge in [0.15, 0.2) is 0 Å². The molecule has 1 amide bonds. The van der Waals surface area contributed by atoms with E-state index in [0.717, 1.165) is 12.8 Å². The Hall–Kier alpha value is -1.44. The van der Waals surface area contributed by atoms with Crippen LogP contribution in [0.4, 0.5) is 0 Å². The first kappa shape index (κ1) is 17.9. The highest BCUT2D eigenvalue weighted by Gasteiger charge is 2.28. The summed E-state index contributed by atoms with van der Waals surface area (Å²) in [5, 5.41) is 5.71. The Balaban J connectivity index is 2.05. The Bertz CT molecular complexity index is 620. The summed E-state index contributed by atoms with van der Waals surface area (Å²) in [6.07, 6.45) is 1.79. The van der Waals surface area contributed by atoms with Crippen molar-refractivity contribution in [3.63, 3.8) is 0 Å². The Morgan fingerprint density at radius 3 is 2.35 bits per heavy atom. The normalized spacial score (nSPS) is 17.1. The van der Waals surface area contributed by atoms with Gasteiger partial charge in [-0.05, 0) is 50.1 Å². The van der Waals surface area contributed by atoms with E-state index in [1.807, 2.05) is 7.05 Å². The Morgan fingerprint density at radius 1 is 1.17 bits per heavy atom. The maximum atomic E-state index is 12.6. The number of carbonyl (C=O) groups excluding carboxylic acids is 1. The number of likely N-dealkylation sites (N-methyl/N-ethyl adjacent to an activating group) is 1. The summed E-state index contributed by atoms with van der Waals surface area (Å²) in [6.45, 7) is 4.49. The van der Waals surface area contributed by atoms with Gasteiger partial charge in [-0.15, -0.1) is 0 Å². The van der Waals surface area contributed by atoms with Gasteiger partial charge in [-0.1, -0.05) is 6.92 Å². The van der Waals surface area contributed by atoms with Crippen molar-refractivity contribution in [2.75, 3.05) is 33.2 Å². The molecule has 7 heteroatoms. The van der Waals surface area contributed by atoms with Crippen molar-refractivity contribution in [2.24, 2.45) is 5.92 Å². The van der Waals surface area contributed by atoms with E-state index in [2.05, 4.69) is 17.6 Å². The zero-order valence-electron chi connectivity index (χ0n) is 13.7. The fraction of sp³-hybridized carbons (Fsp3) is 0.562. The van der Waals surface area contributed by atoms with Gasteiger partial charge in [0.2, 0.25) is 10.0 Å². The Morgan fingerprint density at radius 2 is 1.78 bits per heavy atom. The third kappa shape index (κ3) is 4.53. The highest BCUT2D eigenvalue weighted by Crippen LogP contribution is 2.23. The maximum Gasteiger partial charge on any atom is 0.251 e. The molecule has 23 heavy (non-hydrogen) atoms. The van der Waals surface area contributed by atoms with Crippen LogP contribution >= 0.6 is 0 Å². The monoisotopic (exact) mass is 339 g/mol. The number of piperidine rings is 1. The molecule has 1 heterocycles. The van der Waals surface area contributed by atoms with Crippen molar-refractivity contribution in [1.82, 2.24) is 14.9 Å². The van der Waals surface area contributed by atoms with Crippen molar-refractivity contribution in [1.29, 1.82) is 0 Å². The van der Waals surface area contributed by atoms with E-state index in [4.69, 9.17) is 0 Å². The molecule has 128 valence electrons. The average Bonchev–Trinajstić information content (AvgIpc) is 2.55. The minimum Gasteiger partial charge on any atom is -0.351 e. The number of benzene rings is 1. The lowest BCUT2D eigenvalue weighted by Gasteiger charge is -2.29. The lowest BCUT2D eigenvalue weighted by atomic mass is 10.0. The molecule has 0 radical (unpaired) electrons. The number of nitrogens with one attached hydrogen (secondary N) is 2. The van der Waals surface area contributed by atoms with Crippen LogP contribution in [0.15, 0.2) is 29.2 Å². The molecule has 0 spiro atoms. The van der Waals surface area contributed by atoms with Crippen molar-refractivity contribution in [3.05, 3.63) is 29.8 Å². The van der Waals surface area contributed by atoms with Crippen molar-refractivity contribution in [2.45, 2.75) is 24.7 Å². The zero-order chi connectivity index (χ0) is 16.9. The van der Waals surface area contributed by atoms with Gasteiger partial charge in [-0.3, -0.25) is 4.79 Å². The number of amides is 1. The SMILES string of the molecule is CNCCNC(=O)c1ccc(S(=O)(=O)N2CCC(C)CC2)cc1. The number of carbonyl (C=O) groups is 1. The molecule has 0 aliphatic carbocycles. The molecule has 0 aromatic heterocycles. The molecule has 1 aliphatic rings. The fourth-order valence-corrected chi connectivity index (χ4v) is 4.03. The number of hydrogen-bond acceptors (Lipinski definition) is 4. The summed E-state index contributed by atoms with van der Waals surface area (Å²) in [5.74, 6) is 0.376. The minimum absolute atomic E-state index is 0.198. The van der Waals surface area contributed by atoms with Crippen LogP contribution in [-0.2, 0) is 10.0 Å². The largest absolute Gasteiger partial charge is 0.351 e. The van der Waals surface area contributed by atoms with Crippen LogP contribution in [0.1, 0.15) is 30.1 Å². The molecule has 1 aromatic carbocycles. The fourth-order valence-electron chi connectivity index (χ4n) is 2.56. The van der Waals surface area contributed by atoms with Crippen LogP contribution in [0.5, 0.6) is 0 Å². The van der Waals surface area contributed by atoms with Gasteiger partial charge < -0.3 is 10.6 Å². The van der Waals surface area contributed by atoms with Gasteiger partial charge in [-0.25, -0.2) is 8.42 Å². The summed E-state index contributed by atoms with van der Waals surface area (Å²) in [5.41, 5.74) is 0.465. The van der Waals surface area contributed by atoms with E-state index in [1.54, 1.807) is 12.1 Å². The van der Waals surface area contributed by atoms with Gasteiger partial charge in [0.25, 0.3) is 5.91 Å². The third-order valence-electron chi connectivity index (χ3n) is 4.16. The molecular formula is C16H25N3O3S. The lowest BCUT2D eigenvalue weighted by molar-refractivity contribution is 0.0954. The van der Waals surface area contributed by atoms with E-state index >= 15 is 0 Å². The summed E-state index contributed by atoms with van der Waals surface area (Å²) >= 11 is 0. The highest BCUT2D eigenvalue weighted by molar-refractivity contribution is 7.89. The smallest absolute Gasteiger partial charge is 0.251 e. The minimum atomic E-state index is -3.46. The molecule has 2 rings (SSSR count). The molecule has 2 N–H and O–H groups in total. The van der Waals surface area contributed by atoms with Crippen LogP contribution in [0.25, 0.3) is 0 Å². The molecule has 0 atom stereocenters. The van der Waals surface area contributed by atoms with E-state index in [1.165, 1.54) is 16.4 Å². The molecule has 1 fully saturated rings. The summed E-state index contributed by atoms with van der Waals surface area (Å²) in [4.78, 5) is 12.2. The van der Waals surface area contributed by atoms with Gasteiger partial charge in [-0.2, -0.15) is 4.31 Å². The molecule has 1 saturated heterocycles. The van der Waals surface area contributed by atoms with Crippen LogP contribution in [0, 0.1) is 5.92 Å². The van der Waals surface area contributed by atoms with E-state index < -0.39 is 10.0 Å². The second-order valence-electron chi connectivity index (χ2n) is 5.97. The maximum absolute atomic E-state index is 12.6. The standard InChI is InChI=1S/C16H25N3O3S/c1-13-7-11-19(12-8-13)23(21,22)15-5-3-14(4-6-15)16(20)18-10-9-17-2/h3-6,13,17H,7-12H2,1-2H3,(H,18,20). The number of hydrogen-bond donors (Lipinski definition) is 2. The molecule has 0 unspecified atom stereocenters. The van der Waals surface area contributed by atoms with E-state index in [9.17, 15) is 13.2 Å². The molecule has 6 nitrogen and oxygen atoms in total. The van der Waals surface area contributed by atoms with Gasteiger partial charge >= 0.3 is 0 Å². The zero-order valence-corrected chi connectivity index (χ0v) is 14.5. The van der Waals surface area contributed by atoms with Crippen LogP contribution in [0.2, 0.25) is 0 Å². The Labute approximate surface area is 138 Å². The van der Waals surface area contributed by atoms with Crippen molar-refractivity contribution >= 4 is 15.9 Å². The third-order valence-corrected chi connectivity index (χ3v) is 6.07. The molecule has 0 bridgehead atoms. The van der Waals surface area contributed by atoms with Gasteiger partial charge in [0.1, 0.15) is 0 Å². The van der Waals surface area contributed by atoms with Gasteiger partial charge in [0.05, 0.1) is 4.90 Å². The first-order valence-corrected chi connectivity index (χ1v) is 9.42. The van der Waals surface area contributed by atoms with Crippen LogP contribution < -0.4 is 10.6 Å². The topological polar surface area (TPSA) is 78.5 Å².